The molecular weight excluding hydrogens is 284 g/mol. The number of hydrogen-bond acceptors (Lipinski definition) is 6. The Labute approximate surface area is 115 Å². The minimum Gasteiger partial charge on any atom is -0.478 e. The van der Waals surface area contributed by atoms with Crippen LogP contribution in [-0.4, -0.2) is 35.9 Å². The number of aromatic carboxylic acids is 1. The Balaban J connectivity index is 2.31. The van der Waals surface area contributed by atoms with Gasteiger partial charge in [0.2, 0.25) is 0 Å². The van der Waals surface area contributed by atoms with Gasteiger partial charge in [-0.15, -0.1) is 0 Å². The molecule has 0 aliphatic carbocycles. The topological polar surface area (TPSA) is 110 Å². The van der Waals surface area contributed by atoms with Crippen LogP contribution in [-0.2, 0) is 9.84 Å². The fourth-order valence-corrected chi connectivity index (χ4v) is 1.94. The zero-order valence-electron chi connectivity index (χ0n) is 10.8. The third kappa shape index (κ3) is 2.85. The number of carbonyl (C=O) groups is 1. The van der Waals surface area contributed by atoms with E-state index < -0.39 is 21.1 Å². The molecule has 0 radical (unpaired) electrons. The second kappa shape index (κ2) is 5.04. The Hall–Kier alpha value is -2.22. The van der Waals surface area contributed by atoms with E-state index in [9.17, 15) is 13.2 Å². The van der Waals surface area contributed by atoms with Gasteiger partial charge in [0.1, 0.15) is 5.25 Å². The minimum absolute atomic E-state index is 0.0739. The van der Waals surface area contributed by atoms with Crippen molar-refractivity contribution >= 4 is 15.8 Å². The molecule has 1 aromatic heterocycles. The third-order valence-electron chi connectivity index (χ3n) is 2.83. The van der Waals surface area contributed by atoms with Crippen LogP contribution in [0.5, 0.6) is 0 Å². The van der Waals surface area contributed by atoms with Crippen LogP contribution in [0.3, 0.4) is 0 Å². The van der Waals surface area contributed by atoms with E-state index in [-0.39, 0.29) is 17.3 Å². The number of aromatic nitrogens is 2. The summed E-state index contributed by atoms with van der Waals surface area (Å²) in [6.07, 6.45) is 1.09. The lowest BCUT2D eigenvalue weighted by Crippen LogP contribution is -2.09. The fourth-order valence-electron chi connectivity index (χ4n) is 1.46. The maximum absolute atomic E-state index is 11.4. The lowest BCUT2D eigenvalue weighted by atomic mass is 10.1. The molecule has 0 aliphatic rings. The summed E-state index contributed by atoms with van der Waals surface area (Å²) in [6.45, 7) is 1.47. The highest BCUT2D eigenvalue weighted by molar-refractivity contribution is 7.90. The molecule has 1 atom stereocenters. The zero-order valence-corrected chi connectivity index (χ0v) is 11.6. The molecule has 1 heterocycles. The van der Waals surface area contributed by atoms with Gasteiger partial charge >= 0.3 is 5.97 Å². The Morgan fingerprint density at radius 1 is 1.30 bits per heavy atom. The summed E-state index contributed by atoms with van der Waals surface area (Å²) in [5.41, 5.74) is 0.660. The van der Waals surface area contributed by atoms with Gasteiger partial charge in [0.05, 0.1) is 5.56 Å². The highest BCUT2D eigenvalue weighted by Crippen LogP contribution is 2.23. The quantitative estimate of drug-likeness (QED) is 0.910. The number of nitrogens with zero attached hydrogens (tertiary/aromatic N) is 2. The number of sulfone groups is 1. The first-order valence-electron chi connectivity index (χ1n) is 5.65. The zero-order chi connectivity index (χ0) is 14.9. The van der Waals surface area contributed by atoms with E-state index in [2.05, 4.69) is 10.1 Å². The summed E-state index contributed by atoms with van der Waals surface area (Å²) in [5, 5.41) is 11.6. The lowest BCUT2D eigenvalue weighted by molar-refractivity contribution is 0.0697. The standard InChI is InChI=1S/C12H12N2O5S/c1-7(20(2,17)18)10-13-11(19-14-10)8-3-5-9(6-4-8)12(15)16/h3-7H,1-2H3,(H,15,16). The molecule has 8 heteroatoms. The third-order valence-corrected chi connectivity index (χ3v) is 4.32. The van der Waals surface area contributed by atoms with Crippen molar-refractivity contribution in [1.82, 2.24) is 10.1 Å². The van der Waals surface area contributed by atoms with Crippen molar-refractivity contribution in [3.8, 4) is 11.5 Å². The highest BCUT2D eigenvalue weighted by atomic mass is 32.2. The molecule has 0 saturated carbocycles. The Morgan fingerprint density at radius 3 is 2.40 bits per heavy atom. The molecule has 0 fully saturated rings. The number of rotatable bonds is 4. The Bertz CT molecular complexity index is 733. The fraction of sp³-hybridized carbons (Fsp3) is 0.250. The SMILES string of the molecule is CC(c1noc(-c2ccc(C(=O)O)cc2)n1)S(C)(=O)=O. The van der Waals surface area contributed by atoms with Gasteiger partial charge < -0.3 is 9.63 Å². The molecule has 1 unspecified atom stereocenters. The number of benzene rings is 1. The molecule has 0 saturated heterocycles. The predicted molar refractivity (Wildman–Crippen MR) is 70.0 cm³/mol. The summed E-state index contributed by atoms with van der Waals surface area (Å²) in [5.74, 6) is -0.814. The van der Waals surface area contributed by atoms with Gasteiger partial charge in [0.25, 0.3) is 5.89 Å². The van der Waals surface area contributed by atoms with E-state index in [1.54, 1.807) is 0 Å². The van der Waals surface area contributed by atoms with E-state index in [0.29, 0.717) is 5.56 Å². The average Bonchev–Trinajstić information content (AvgIpc) is 2.86. The first kappa shape index (κ1) is 14.2. The first-order valence-corrected chi connectivity index (χ1v) is 7.60. The number of carboxylic acid groups (broad SMARTS) is 1. The molecule has 0 amide bonds. The van der Waals surface area contributed by atoms with Crippen molar-refractivity contribution in [2.24, 2.45) is 0 Å². The molecule has 2 aromatic rings. The monoisotopic (exact) mass is 296 g/mol. The summed E-state index contributed by atoms with van der Waals surface area (Å²) < 4.78 is 27.8. The van der Waals surface area contributed by atoms with Crippen LogP contribution in [0.4, 0.5) is 0 Å². The summed E-state index contributed by atoms with van der Waals surface area (Å²) in [6, 6.07) is 5.85. The molecule has 7 nitrogen and oxygen atoms in total. The molecule has 0 bridgehead atoms. The van der Waals surface area contributed by atoms with Crippen molar-refractivity contribution in [3.63, 3.8) is 0 Å². The van der Waals surface area contributed by atoms with Gasteiger partial charge in [0, 0.05) is 11.8 Å². The molecular formula is C12H12N2O5S. The molecule has 1 N–H and O–H groups in total. The second-order valence-corrected chi connectivity index (χ2v) is 6.68. The second-order valence-electron chi connectivity index (χ2n) is 4.31. The van der Waals surface area contributed by atoms with Crippen LogP contribution in [0.15, 0.2) is 28.8 Å². The highest BCUT2D eigenvalue weighted by Gasteiger charge is 2.23. The smallest absolute Gasteiger partial charge is 0.335 e. The van der Waals surface area contributed by atoms with Gasteiger partial charge in [-0.05, 0) is 31.2 Å². The summed E-state index contributed by atoms with van der Waals surface area (Å²) in [4.78, 5) is 14.8. The summed E-state index contributed by atoms with van der Waals surface area (Å²) in [7, 11) is -3.31. The van der Waals surface area contributed by atoms with Crippen LogP contribution in [0, 0.1) is 0 Å². The van der Waals surface area contributed by atoms with Gasteiger partial charge in [-0.1, -0.05) is 5.16 Å². The van der Waals surface area contributed by atoms with Crippen molar-refractivity contribution < 1.29 is 22.8 Å². The van der Waals surface area contributed by atoms with Crippen molar-refractivity contribution in [1.29, 1.82) is 0 Å². The maximum atomic E-state index is 11.4. The predicted octanol–water partition coefficient (Wildman–Crippen LogP) is 1.54. The van der Waals surface area contributed by atoms with Crippen LogP contribution >= 0.6 is 0 Å². The summed E-state index contributed by atoms with van der Waals surface area (Å²) >= 11 is 0. The van der Waals surface area contributed by atoms with Crippen molar-refractivity contribution in [2.75, 3.05) is 6.26 Å². The van der Waals surface area contributed by atoms with Gasteiger partial charge in [-0.25, -0.2) is 13.2 Å². The van der Waals surface area contributed by atoms with Gasteiger partial charge in [-0.2, -0.15) is 4.98 Å². The lowest BCUT2D eigenvalue weighted by Gasteiger charge is -2.01. The largest absolute Gasteiger partial charge is 0.478 e. The van der Waals surface area contributed by atoms with Crippen LogP contribution in [0.2, 0.25) is 0 Å². The normalized spacial score (nSPS) is 13.1. The maximum Gasteiger partial charge on any atom is 0.335 e. The average molecular weight is 296 g/mol. The van der Waals surface area contributed by atoms with Gasteiger partial charge in [0.15, 0.2) is 15.7 Å². The molecule has 1 aromatic carbocycles. The number of carboxylic acids is 1. The van der Waals surface area contributed by atoms with Crippen LogP contribution < -0.4 is 0 Å². The van der Waals surface area contributed by atoms with Crippen LogP contribution in [0.1, 0.15) is 28.4 Å². The first-order chi connectivity index (χ1) is 9.29. The molecule has 2 rings (SSSR count). The minimum atomic E-state index is -3.31. The number of hydrogen-bond donors (Lipinski definition) is 1. The van der Waals surface area contributed by atoms with E-state index in [1.807, 2.05) is 0 Å². The molecule has 0 spiro atoms. The molecule has 106 valence electrons. The van der Waals surface area contributed by atoms with E-state index in [0.717, 1.165) is 6.26 Å². The van der Waals surface area contributed by atoms with E-state index in [1.165, 1.54) is 31.2 Å². The Kier molecular flexibility index (Phi) is 3.58. The Morgan fingerprint density at radius 2 is 1.90 bits per heavy atom. The van der Waals surface area contributed by atoms with Crippen molar-refractivity contribution in [3.05, 3.63) is 35.7 Å². The van der Waals surface area contributed by atoms with E-state index >= 15 is 0 Å². The van der Waals surface area contributed by atoms with Crippen molar-refractivity contribution in [2.45, 2.75) is 12.2 Å². The molecule has 20 heavy (non-hydrogen) atoms. The van der Waals surface area contributed by atoms with Gasteiger partial charge in [-0.3, -0.25) is 0 Å². The molecule has 0 aliphatic heterocycles. The van der Waals surface area contributed by atoms with E-state index in [4.69, 9.17) is 9.63 Å². The van der Waals surface area contributed by atoms with Crippen LogP contribution in [0.25, 0.3) is 11.5 Å².